The molecule has 0 spiro atoms. The number of hydrogen-bond acceptors (Lipinski definition) is 1. The number of halogens is 1. The summed E-state index contributed by atoms with van der Waals surface area (Å²) in [4.78, 5) is 3.45. The Bertz CT molecular complexity index is 827. The first kappa shape index (κ1) is 15.6. The highest BCUT2D eigenvalue weighted by atomic mass is 19.1. The number of benzene rings is 2. The summed E-state index contributed by atoms with van der Waals surface area (Å²) in [6, 6.07) is 12.9. The highest BCUT2D eigenvalue weighted by molar-refractivity contribution is 5.94. The van der Waals surface area contributed by atoms with Crippen LogP contribution in [-0.2, 0) is 5.41 Å². The topological polar surface area (TPSA) is 41.8 Å². The molecule has 0 amide bonds. The van der Waals surface area contributed by atoms with E-state index in [1.54, 1.807) is 12.1 Å². The maximum Gasteiger partial charge on any atom is 0.123 e. The second kappa shape index (κ2) is 5.73. The molecule has 0 aliphatic carbocycles. The molecular weight excluding hydrogens is 287 g/mol. The maximum absolute atomic E-state index is 13.4. The number of aryl methyl sites for hydroxylation is 1. The van der Waals surface area contributed by atoms with E-state index in [1.807, 2.05) is 24.3 Å². The number of aromatic amines is 1. The Morgan fingerprint density at radius 1 is 1.04 bits per heavy atom. The largest absolute Gasteiger partial charge is 0.397 e. The summed E-state index contributed by atoms with van der Waals surface area (Å²) >= 11 is 0. The zero-order valence-electron chi connectivity index (χ0n) is 13.9. The minimum Gasteiger partial charge on any atom is -0.397 e. The number of fused-ring (bicyclic) bond motifs is 1. The van der Waals surface area contributed by atoms with E-state index in [0.29, 0.717) is 0 Å². The highest BCUT2D eigenvalue weighted by Crippen LogP contribution is 2.44. The molecule has 0 aliphatic heterocycles. The Morgan fingerprint density at radius 2 is 1.70 bits per heavy atom. The van der Waals surface area contributed by atoms with Gasteiger partial charge in [-0.25, -0.2) is 4.39 Å². The third-order valence-corrected chi connectivity index (χ3v) is 5.14. The van der Waals surface area contributed by atoms with Gasteiger partial charge in [-0.3, -0.25) is 0 Å². The number of H-pyrrole nitrogens is 1. The second-order valence-electron chi connectivity index (χ2n) is 6.19. The van der Waals surface area contributed by atoms with Gasteiger partial charge in [0.1, 0.15) is 5.82 Å². The molecule has 1 aromatic heterocycles. The Morgan fingerprint density at radius 3 is 2.30 bits per heavy atom. The third kappa shape index (κ3) is 2.31. The van der Waals surface area contributed by atoms with Crippen molar-refractivity contribution < 1.29 is 4.39 Å². The molecule has 3 N–H and O–H groups in total. The smallest absolute Gasteiger partial charge is 0.123 e. The van der Waals surface area contributed by atoms with Gasteiger partial charge in [-0.05, 0) is 49.1 Å². The van der Waals surface area contributed by atoms with Crippen LogP contribution in [0.5, 0.6) is 0 Å². The zero-order valence-corrected chi connectivity index (χ0v) is 13.9. The van der Waals surface area contributed by atoms with Crippen LogP contribution in [0, 0.1) is 12.7 Å². The van der Waals surface area contributed by atoms with Gasteiger partial charge in [0.05, 0.1) is 11.2 Å². The molecule has 1 heterocycles. The lowest BCUT2D eigenvalue weighted by atomic mass is 9.69. The summed E-state index contributed by atoms with van der Waals surface area (Å²) in [5.74, 6) is -0.199. The van der Waals surface area contributed by atoms with Gasteiger partial charge in [-0.1, -0.05) is 38.1 Å². The van der Waals surface area contributed by atoms with Crippen molar-refractivity contribution in [1.29, 1.82) is 0 Å². The van der Waals surface area contributed by atoms with Crippen LogP contribution >= 0.6 is 0 Å². The minimum atomic E-state index is -0.199. The van der Waals surface area contributed by atoms with E-state index >= 15 is 0 Å². The molecule has 3 heteroatoms. The first-order chi connectivity index (χ1) is 11.0. The normalized spacial score (nSPS) is 12.0. The molecule has 23 heavy (non-hydrogen) atoms. The van der Waals surface area contributed by atoms with Crippen molar-refractivity contribution in [2.45, 2.75) is 39.0 Å². The van der Waals surface area contributed by atoms with Crippen molar-refractivity contribution in [2.75, 3.05) is 5.73 Å². The SMILES string of the molecule is CCC(CC)(c1ccc(F)cc1)c1c(C)[nH]c2c(N)cccc12. The van der Waals surface area contributed by atoms with Gasteiger partial charge in [0.2, 0.25) is 0 Å². The van der Waals surface area contributed by atoms with Gasteiger partial charge in [0, 0.05) is 16.5 Å². The molecule has 2 aromatic carbocycles. The van der Waals surface area contributed by atoms with E-state index in [2.05, 4.69) is 31.8 Å². The van der Waals surface area contributed by atoms with Crippen molar-refractivity contribution in [2.24, 2.45) is 0 Å². The van der Waals surface area contributed by atoms with Crippen molar-refractivity contribution in [3.63, 3.8) is 0 Å². The van der Waals surface area contributed by atoms with E-state index in [1.165, 1.54) is 5.56 Å². The fraction of sp³-hybridized carbons (Fsp3) is 0.300. The number of aromatic nitrogens is 1. The third-order valence-electron chi connectivity index (χ3n) is 5.14. The summed E-state index contributed by atoms with van der Waals surface area (Å²) in [7, 11) is 0. The highest BCUT2D eigenvalue weighted by Gasteiger charge is 2.34. The Hall–Kier alpha value is -2.29. The van der Waals surface area contributed by atoms with Crippen LogP contribution < -0.4 is 5.73 Å². The molecule has 3 rings (SSSR count). The number of nitrogens with two attached hydrogens (primary N) is 1. The van der Waals surface area contributed by atoms with E-state index in [4.69, 9.17) is 5.73 Å². The van der Waals surface area contributed by atoms with Gasteiger partial charge >= 0.3 is 0 Å². The molecule has 2 nitrogen and oxygen atoms in total. The minimum absolute atomic E-state index is 0.149. The summed E-state index contributed by atoms with van der Waals surface area (Å²) in [5.41, 5.74) is 11.3. The average molecular weight is 310 g/mol. The molecule has 0 atom stereocenters. The molecule has 120 valence electrons. The molecule has 3 aromatic rings. The Labute approximate surface area is 136 Å². The fourth-order valence-electron chi connectivity index (χ4n) is 3.91. The van der Waals surface area contributed by atoms with Gasteiger partial charge in [-0.2, -0.15) is 0 Å². The Kier molecular flexibility index (Phi) is 3.88. The molecule has 0 unspecified atom stereocenters. The van der Waals surface area contributed by atoms with Crippen LogP contribution in [0.4, 0.5) is 10.1 Å². The summed E-state index contributed by atoms with van der Waals surface area (Å²) < 4.78 is 13.4. The lowest BCUT2D eigenvalue weighted by Gasteiger charge is -2.33. The molecule has 0 aliphatic rings. The van der Waals surface area contributed by atoms with Crippen molar-refractivity contribution in [3.05, 3.63) is 65.1 Å². The van der Waals surface area contributed by atoms with Crippen molar-refractivity contribution in [3.8, 4) is 0 Å². The lowest BCUT2D eigenvalue weighted by molar-refractivity contribution is 0.478. The zero-order chi connectivity index (χ0) is 16.6. The molecular formula is C20H23FN2. The summed E-state index contributed by atoms with van der Waals surface area (Å²) in [6.45, 7) is 6.48. The Balaban J connectivity index is 2.33. The second-order valence-corrected chi connectivity index (χ2v) is 6.19. The van der Waals surface area contributed by atoms with Gasteiger partial charge < -0.3 is 10.7 Å². The van der Waals surface area contributed by atoms with Crippen LogP contribution in [0.3, 0.4) is 0 Å². The van der Waals surface area contributed by atoms with E-state index < -0.39 is 0 Å². The maximum atomic E-state index is 13.4. The van der Waals surface area contributed by atoms with Crippen LogP contribution in [0.1, 0.15) is 43.5 Å². The first-order valence-corrected chi connectivity index (χ1v) is 8.16. The van der Waals surface area contributed by atoms with Gasteiger partial charge in [-0.15, -0.1) is 0 Å². The van der Waals surface area contributed by atoms with E-state index in [-0.39, 0.29) is 11.2 Å². The number of rotatable bonds is 4. The number of nitrogen functional groups attached to an aromatic ring is 1. The number of nitrogens with one attached hydrogen (secondary N) is 1. The van der Waals surface area contributed by atoms with E-state index in [0.717, 1.165) is 40.7 Å². The molecule has 0 saturated heterocycles. The summed E-state index contributed by atoms with van der Waals surface area (Å²) in [5, 5.41) is 1.16. The van der Waals surface area contributed by atoms with Gasteiger partial charge in [0.15, 0.2) is 0 Å². The average Bonchev–Trinajstić information content (AvgIpc) is 2.89. The van der Waals surface area contributed by atoms with Crippen LogP contribution in [-0.4, -0.2) is 4.98 Å². The number of hydrogen-bond donors (Lipinski definition) is 2. The van der Waals surface area contributed by atoms with Crippen LogP contribution in [0.2, 0.25) is 0 Å². The lowest BCUT2D eigenvalue weighted by Crippen LogP contribution is -2.26. The van der Waals surface area contributed by atoms with Crippen LogP contribution in [0.15, 0.2) is 42.5 Å². The fourth-order valence-corrected chi connectivity index (χ4v) is 3.91. The molecule has 0 bridgehead atoms. The number of para-hydroxylation sites is 1. The van der Waals surface area contributed by atoms with Crippen LogP contribution in [0.25, 0.3) is 10.9 Å². The number of anilines is 1. The van der Waals surface area contributed by atoms with Crippen molar-refractivity contribution in [1.82, 2.24) is 4.98 Å². The monoisotopic (exact) mass is 310 g/mol. The quantitative estimate of drug-likeness (QED) is 0.630. The molecule has 0 fully saturated rings. The summed E-state index contributed by atoms with van der Waals surface area (Å²) in [6.07, 6.45) is 1.88. The van der Waals surface area contributed by atoms with Crippen molar-refractivity contribution >= 4 is 16.6 Å². The standard InChI is InChI=1S/C20H23FN2/c1-4-20(5-2,14-9-11-15(21)12-10-14)18-13(3)23-19-16(18)7-6-8-17(19)22/h6-12,23H,4-5,22H2,1-3H3. The molecule has 0 radical (unpaired) electrons. The molecule has 0 saturated carbocycles. The first-order valence-electron chi connectivity index (χ1n) is 8.16. The van der Waals surface area contributed by atoms with Gasteiger partial charge in [0.25, 0.3) is 0 Å². The predicted molar refractivity (Wildman–Crippen MR) is 95.2 cm³/mol. The predicted octanol–water partition coefficient (Wildman–Crippen LogP) is 5.30. The van der Waals surface area contributed by atoms with E-state index in [9.17, 15) is 4.39 Å².